The Morgan fingerprint density at radius 2 is 2.13 bits per heavy atom. The Morgan fingerprint density at radius 3 is 2.67 bits per heavy atom. The minimum absolute atomic E-state index is 0.127. The maximum absolute atomic E-state index is 12.3. The summed E-state index contributed by atoms with van der Waals surface area (Å²) in [5.74, 6) is -0.401. The van der Waals surface area contributed by atoms with Crippen molar-refractivity contribution in [1.29, 1.82) is 0 Å². The van der Waals surface area contributed by atoms with Crippen LogP contribution in [0.2, 0.25) is 0 Å². The Kier molecular flexibility index (Phi) is 3.74. The molecule has 5 heteroatoms. The van der Waals surface area contributed by atoms with Crippen molar-refractivity contribution in [2.24, 2.45) is 5.73 Å². The normalized spacial score (nSPS) is 12.6. The van der Waals surface area contributed by atoms with E-state index in [9.17, 15) is 13.6 Å². The molecule has 1 amide bonds. The van der Waals surface area contributed by atoms with Crippen LogP contribution in [0.4, 0.5) is 14.5 Å². The number of carbonyl (C=O) groups excluding carboxylic acids is 1. The van der Waals surface area contributed by atoms with Crippen LogP contribution in [0.15, 0.2) is 24.3 Å². The van der Waals surface area contributed by atoms with Gasteiger partial charge in [-0.05, 0) is 19.1 Å². The van der Waals surface area contributed by atoms with Gasteiger partial charge in [-0.1, -0.05) is 12.1 Å². The zero-order valence-electron chi connectivity index (χ0n) is 8.21. The van der Waals surface area contributed by atoms with Crippen molar-refractivity contribution in [3.8, 4) is 0 Å². The summed E-state index contributed by atoms with van der Waals surface area (Å²) in [4.78, 5) is 11.2. The molecule has 0 unspecified atom stereocenters. The summed E-state index contributed by atoms with van der Waals surface area (Å²) in [5.41, 5.74) is 5.52. The van der Waals surface area contributed by atoms with Crippen LogP contribution >= 0.6 is 0 Å². The predicted octanol–water partition coefficient (Wildman–Crippen LogP) is 1.91. The minimum Gasteiger partial charge on any atom is -0.325 e. The van der Waals surface area contributed by atoms with Crippen LogP contribution in [0.3, 0.4) is 0 Å². The third kappa shape index (κ3) is 3.28. The third-order valence-electron chi connectivity index (χ3n) is 1.82. The first kappa shape index (κ1) is 11.6. The van der Waals surface area contributed by atoms with E-state index in [-0.39, 0.29) is 5.56 Å². The maximum atomic E-state index is 12.3. The number of carbonyl (C=O) groups is 1. The predicted molar refractivity (Wildman–Crippen MR) is 53.7 cm³/mol. The molecule has 0 spiro atoms. The van der Waals surface area contributed by atoms with Crippen LogP contribution in [0.5, 0.6) is 0 Å². The second-order valence-electron chi connectivity index (χ2n) is 3.20. The highest BCUT2D eigenvalue weighted by Crippen LogP contribution is 2.21. The van der Waals surface area contributed by atoms with Crippen LogP contribution in [0, 0.1) is 0 Å². The Labute approximate surface area is 86.3 Å². The molecule has 1 aromatic rings. The Morgan fingerprint density at radius 1 is 1.47 bits per heavy atom. The summed E-state index contributed by atoms with van der Waals surface area (Å²) in [7, 11) is 0. The van der Waals surface area contributed by atoms with Gasteiger partial charge in [-0.15, -0.1) is 0 Å². The molecule has 1 aromatic carbocycles. The molecule has 0 saturated heterocycles. The topological polar surface area (TPSA) is 55.1 Å². The number of hydrogen-bond donors (Lipinski definition) is 2. The highest BCUT2D eigenvalue weighted by molar-refractivity contribution is 5.94. The number of rotatable bonds is 3. The highest BCUT2D eigenvalue weighted by atomic mass is 19.3. The SMILES string of the molecule is C[C@H](N)C(=O)Nc1cccc(C(F)F)c1. The molecule has 15 heavy (non-hydrogen) atoms. The lowest BCUT2D eigenvalue weighted by atomic mass is 10.2. The van der Waals surface area contributed by atoms with Crippen molar-refractivity contribution in [3.05, 3.63) is 29.8 Å². The standard InChI is InChI=1S/C10H12F2N2O/c1-6(13)10(15)14-8-4-2-3-7(5-8)9(11)12/h2-6,9H,13H2,1H3,(H,14,15)/t6-/m0/s1. The number of halogens is 2. The maximum Gasteiger partial charge on any atom is 0.263 e. The van der Waals surface area contributed by atoms with Gasteiger partial charge in [-0.3, -0.25) is 4.79 Å². The van der Waals surface area contributed by atoms with Crippen LogP contribution in [-0.2, 0) is 4.79 Å². The van der Waals surface area contributed by atoms with Crippen LogP contribution in [0.1, 0.15) is 18.9 Å². The van der Waals surface area contributed by atoms with Crippen molar-refractivity contribution in [2.75, 3.05) is 5.32 Å². The zero-order chi connectivity index (χ0) is 11.4. The second kappa shape index (κ2) is 4.84. The molecule has 3 N–H and O–H groups in total. The van der Waals surface area contributed by atoms with Crippen LogP contribution in [-0.4, -0.2) is 11.9 Å². The summed E-state index contributed by atoms with van der Waals surface area (Å²) in [6.07, 6.45) is -2.54. The van der Waals surface area contributed by atoms with Gasteiger partial charge < -0.3 is 11.1 Å². The summed E-state index contributed by atoms with van der Waals surface area (Å²) >= 11 is 0. The van der Waals surface area contributed by atoms with E-state index in [4.69, 9.17) is 5.73 Å². The van der Waals surface area contributed by atoms with Gasteiger partial charge in [0.1, 0.15) is 0 Å². The molecule has 0 aromatic heterocycles. The first-order valence-electron chi connectivity index (χ1n) is 4.45. The first-order valence-corrected chi connectivity index (χ1v) is 4.45. The van der Waals surface area contributed by atoms with E-state index in [1.807, 2.05) is 0 Å². The summed E-state index contributed by atoms with van der Waals surface area (Å²) in [6.45, 7) is 1.52. The van der Waals surface area contributed by atoms with E-state index >= 15 is 0 Å². The van der Waals surface area contributed by atoms with Gasteiger partial charge >= 0.3 is 0 Å². The number of benzene rings is 1. The van der Waals surface area contributed by atoms with Crippen molar-refractivity contribution >= 4 is 11.6 Å². The summed E-state index contributed by atoms with van der Waals surface area (Å²) in [5, 5.41) is 2.44. The minimum atomic E-state index is -2.54. The fourth-order valence-corrected chi connectivity index (χ4v) is 1.01. The smallest absolute Gasteiger partial charge is 0.263 e. The molecule has 0 aliphatic rings. The number of alkyl halides is 2. The van der Waals surface area contributed by atoms with Crippen molar-refractivity contribution in [2.45, 2.75) is 19.4 Å². The average Bonchev–Trinajstić information content (AvgIpc) is 2.18. The van der Waals surface area contributed by atoms with E-state index in [0.717, 1.165) is 0 Å². The van der Waals surface area contributed by atoms with E-state index < -0.39 is 18.4 Å². The molecule has 3 nitrogen and oxygen atoms in total. The summed E-state index contributed by atoms with van der Waals surface area (Å²) < 4.78 is 24.6. The molecule has 1 atom stereocenters. The van der Waals surface area contributed by atoms with Gasteiger partial charge in [-0.25, -0.2) is 8.78 Å². The van der Waals surface area contributed by atoms with Gasteiger partial charge in [0.05, 0.1) is 6.04 Å². The van der Waals surface area contributed by atoms with Gasteiger partial charge in [-0.2, -0.15) is 0 Å². The zero-order valence-corrected chi connectivity index (χ0v) is 8.21. The first-order chi connectivity index (χ1) is 7.00. The molecule has 82 valence electrons. The molecule has 0 saturated carbocycles. The van der Waals surface area contributed by atoms with E-state index in [0.29, 0.717) is 5.69 Å². The van der Waals surface area contributed by atoms with Gasteiger partial charge in [0.2, 0.25) is 5.91 Å². The monoisotopic (exact) mass is 214 g/mol. The Balaban J connectivity index is 2.78. The third-order valence-corrected chi connectivity index (χ3v) is 1.82. The number of nitrogens with one attached hydrogen (secondary N) is 1. The molecular weight excluding hydrogens is 202 g/mol. The lowest BCUT2D eigenvalue weighted by Gasteiger charge is -2.08. The molecule has 0 aliphatic heterocycles. The largest absolute Gasteiger partial charge is 0.325 e. The molecule has 0 radical (unpaired) electrons. The van der Waals surface area contributed by atoms with Crippen LogP contribution in [0.25, 0.3) is 0 Å². The number of nitrogens with two attached hydrogens (primary N) is 1. The van der Waals surface area contributed by atoms with Crippen molar-refractivity contribution in [3.63, 3.8) is 0 Å². The molecule has 1 rings (SSSR count). The van der Waals surface area contributed by atoms with E-state index in [1.165, 1.54) is 31.2 Å². The lowest BCUT2D eigenvalue weighted by Crippen LogP contribution is -2.32. The molecule has 0 heterocycles. The highest BCUT2D eigenvalue weighted by Gasteiger charge is 2.10. The number of anilines is 1. The molecule has 0 bridgehead atoms. The fraction of sp³-hybridized carbons (Fsp3) is 0.300. The van der Waals surface area contributed by atoms with Gasteiger partial charge in [0.25, 0.3) is 6.43 Å². The number of amides is 1. The van der Waals surface area contributed by atoms with Gasteiger partial charge in [0, 0.05) is 11.3 Å². The molecule has 0 aliphatic carbocycles. The van der Waals surface area contributed by atoms with Crippen molar-refractivity contribution in [1.82, 2.24) is 0 Å². The lowest BCUT2D eigenvalue weighted by molar-refractivity contribution is -0.117. The van der Waals surface area contributed by atoms with E-state index in [2.05, 4.69) is 5.32 Å². The quantitative estimate of drug-likeness (QED) is 0.807. The van der Waals surface area contributed by atoms with Crippen molar-refractivity contribution < 1.29 is 13.6 Å². The second-order valence-corrected chi connectivity index (χ2v) is 3.20. The Bertz CT molecular complexity index is 353. The van der Waals surface area contributed by atoms with E-state index in [1.54, 1.807) is 0 Å². The van der Waals surface area contributed by atoms with Crippen LogP contribution < -0.4 is 11.1 Å². The average molecular weight is 214 g/mol. The molecular formula is C10H12F2N2O. The fourth-order valence-electron chi connectivity index (χ4n) is 1.01. The summed E-state index contributed by atoms with van der Waals surface area (Å²) in [6, 6.07) is 4.85. The number of hydrogen-bond acceptors (Lipinski definition) is 2. The Hall–Kier alpha value is -1.49. The van der Waals surface area contributed by atoms with Gasteiger partial charge in [0.15, 0.2) is 0 Å². The molecule has 0 fully saturated rings.